The van der Waals surface area contributed by atoms with E-state index in [1.807, 2.05) is 85.8 Å². The minimum Gasteiger partial charge on any atom is -0.208 e. The quantitative estimate of drug-likeness (QED) is 0.199. The third kappa shape index (κ3) is 4.53. The Bertz CT molecular complexity index is 2420. The number of benzene rings is 6. The van der Waals surface area contributed by atoms with Crippen molar-refractivity contribution >= 4 is 0 Å². The molecule has 0 N–H and O–H groups in total. The molecule has 0 bridgehead atoms. The van der Waals surface area contributed by atoms with E-state index in [-0.39, 0.29) is 7.43 Å². The van der Waals surface area contributed by atoms with Gasteiger partial charge in [-0.25, -0.2) is 15.0 Å². The minimum absolute atomic E-state index is 0. The molecule has 0 amide bonds. The number of hydrogen-bond acceptors (Lipinski definition) is 3. The van der Waals surface area contributed by atoms with Gasteiger partial charge in [-0.2, -0.15) is 0 Å². The predicted molar refractivity (Wildman–Crippen MR) is 194 cm³/mol. The number of nitrogens with zero attached hydrogens (tertiary/aromatic N) is 3. The highest BCUT2D eigenvalue weighted by Crippen LogP contribution is 2.50. The fourth-order valence-corrected chi connectivity index (χ4v) is 7.31. The molecule has 7 aromatic rings. The predicted octanol–water partition coefficient (Wildman–Crippen LogP) is 11.1. The van der Waals surface area contributed by atoms with Crippen LogP contribution < -0.4 is 0 Å². The highest BCUT2D eigenvalue weighted by molar-refractivity contribution is 5.89. The zero-order valence-electron chi connectivity index (χ0n) is 28.3. The lowest BCUT2D eigenvalue weighted by Crippen LogP contribution is -2.15. The van der Waals surface area contributed by atoms with Crippen LogP contribution in [0.15, 0.2) is 140 Å². The van der Waals surface area contributed by atoms with Crippen LogP contribution in [-0.4, -0.2) is 15.0 Å². The lowest BCUT2D eigenvalue weighted by atomic mass is 9.82. The molecule has 9 rings (SSSR count). The average molecular weight is 609 g/mol. The summed E-state index contributed by atoms with van der Waals surface area (Å²) in [5, 5.41) is 0. The summed E-state index contributed by atoms with van der Waals surface area (Å²) in [5.74, 6) is 1.67. The van der Waals surface area contributed by atoms with Crippen molar-refractivity contribution in [2.24, 2.45) is 0 Å². The second kappa shape index (κ2) is 11.0. The second-order valence-corrected chi connectivity index (χ2v) is 12.3. The van der Waals surface area contributed by atoms with Crippen molar-refractivity contribution in [3.8, 4) is 67.5 Å². The number of hydrogen-bond donors (Lipinski definition) is 0. The van der Waals surface area contributed by atoms with Gasteiger partial charge in [0, 0.05) is 32.6 Å². The summed E-state index contributed by atoms with van der Waals surface area (Å²) in [6.07, 6.45) is 0.766. The molecule has 1 heterocycles. The van der Waals surface area contributed by atoms with Crippen molar-refractivity contribution in [3.05, 3.63) is 162 Å². The molecule has 0 radical (unpaired) electrons. The van der Waals surface area contributed by atoms with Crippen LogP contribution >= 0.6 is 0 Å². The Kier molecular flexibility index (Phi) is 5.97. The van der Waals surface area contributed by atoms with E-state index in [2.05, 4.69) is 60.7 Å². The Hall–Kier alpha value is -5.67. The van der Waals surface area contributed by atoms with Crippen LogP contribution in [0.5, 0.6) is 0 Å². The van der Waals surface area contributed by atoms with Crippen molar-refractivity contribution < 1.29 is 4.11 Å². The topological polar surface area (TPSA) is 38.7 Å². The number of aromatic nitrogens is 3. The van der Waals surface area contributed by atoms with Crippen molar-refractivity contribution in [2.45, 2.75) is 33.0 Å². The van der Waals surface area contributed by atoms with Crippen LogP contribution in [0.1, 0.15) is 47.6 Å². The first-order chi connectivity index (χ1) is 23.8. The summed E-state index contributed by atoms with van der Waals surface area (Å²) < 4.78 is 25.9. The van der Waals surface area contributed by atoms with Crippen LogP contribution in [0.4, 0.5) is 0 Å². The smallest absolute Gasteiger partial charge is 0.164 e. The van der Waals surface area contributed by atoms with E-state index in [1.165, 1.54) is 33.4 Å². The van der Waals surface area contributed by atoms with E-state index >= 15 is 0 Å². The molecule has 226 valence electrons. The first-order valence-electron chi connectivity index (χ1n) is 17.2. The van der Waals surface area contributed by atoms with Gasteiger partial charge in [0.15, 0.2) is 17.5 Å². The van der Waals surface area contributed by atoms with Gasteiger partial charge in [-0.1, -0.05) is 155 Å². The largest absolute Gasteiger partial charge is 0.208 e. The summed E-state index contributed by atoms with van der Waals surface area (Å²) >= 11 is 0. The van der Waals surface area contributed by atoms with E-state index in [4.69, 9.17) is 19.1 Å². The van der Waals surface area contributed by atoms with Gasteiger partial charge < -0.3 is 0 Å². The maximum absolute atomic E-state index is 8.64. The highest BCUT2D eigenvalue weighted by Gasteiger charge is 2.35. The summed E-state index contributed by atoms with van der Waals surface area (Å²) in [4.78, 5) is 15.2. The fraction of sp³-hybridized carbons (Fsp3) is 0.114. The summed E-state index contributed by atoms with van der Waals surface area (Å²) in [5.41, 5.74) is 12.3. The maximum Gasteiger partial charge on any atom is 0.164 e. The van der Waals surface area contributed by atoms with Gasteiger partial charge in [-0.05, 0) is 61.7 Å². The van der Waals surface area contributed by atoms with Crippen LogP contribution in [0.25, 0.3) is 67.5 Å². The standard InChI is InChI=1S/C43H31N3.CH4/c1-43(2)38-22-10-9-17-33(38)34-24-23-29(25-39(34)43)41-44-40(28-15-7-4-8-16-28)45-42(46-41)35-21-12-20-32-31-19-11-18-30(36(31)26-37(32)35)27-13-5-3-6-14-27;/h3-25H,26H2,1-2H3;1H4/i1D3;. The van der Waals surface area contributed by atoms with Gasteiger partial charge in [0.05, 0.1) is 0 Å². The SMILES string of the molecule is C.[2H]C([2H])([2H])C1(C)c2ccccc2-c2ccc(-c3nc(-c4ccccc4)nc(-c4cccc5c4Cc4c(-c6ccccc6)cccc4-5)n3)cc21. The van der Waals surface area contributed by atoms with E-state index in [1.54, 1.807) is 0 Å². The van der Waals surface area contributed by atoms with Crippen LogP contribution in [0.3, 0.4) is 0 Å². The molecule has 3 heteroatoms. The van der Waals surface area contributed by atoms with Gasteiger partial charge >= 0.3 is 0 Å². The monoisotopic (exact) mass is 608 g/mol. The molecule has 2 aliphatic rings. The first kappa shape index (κ1) is 25.5. The fourth-order valence-electron chi connectivity index (χ4n) is 7.31. The van der Waals surface area contributed by atoms with Crippen molar-refractivity contribution in [2.75, 3.05) is 0 Å². The average Bonchev–Trinajstić information content (AvgIpc) is 3.65. The Labute approximate surface area is 280 Å². The Balaban J connectivity index is 0.00000361. The molecule has 1 unspecified atom stereocenters. The van der Waals surface area contributed by atoms with Gasteiger partial charge in [0.1, 0.15) is 0 Å². The molecule has 6 aromatic carbocycles. The van der Waals surface area contributed by atoms with Crippen LogP contribution in [0.2, 0.25) is 0 Å². The molecule has 0 fully saturated rings. The van der Waals surface area contributed by atoms with E-state index in [0.717, 1.165) is 45.4 Å². The van der Waals surface area contributed by atoms with Gasteiger partial charge in [-0.3, -0.25) is 0 Å². The van der Waals surface area contributed by atoms with Crippen molar-refractivity contribution in [1.29, 1.82) is 0 Å². The highest BCUT2D eigenvalue weighted by atomic mass is 15.0. The third-order valence-electron chi connectivity index (χ3n) is 9.56. The molecule has 0 spiro atoms. The van der Waals surface area contributed by atoms with E-state index < -0.39 is 12.3 Å². The molecule has 47 heavy (non-hydrogen) atoms. The third-order valence-corrected chi connectivity index (χ3v) is 9.56. The second-order valence-electron chi connectivity index (χ2n) is 12.3. The zero-order valence-corrected chi connectivity index (χ0v) is 25.3. The Morgan fingerprint density at radius 3 is 1.72 bits per heavy atom. The lowest BCUT2D eigenvalue weighted by molar-refractivity contribution is 0.660. The number of fused-ring (bicyclic) bond motifs is 6. The molecule has 1 aromatic heterocycles. The summed E-state index contributed by atoms with van der Waals surface area (Å²) in [7, 11) is 0. The first-order valence-corrected chi connectivity index (χ1v) is 15.7. The molecule has 0 aliphatic heterocycles. The Morgan fingerprint density at radius 2 is 1.00 bits per heavy atom. The number of rotatable bonds is 4. The Morgan fingerprint density at radius 1 is 0.468 bits per heavy atom. The van der Waals surface area contributed by atoms with Crippen LogP contribution in [0, 0.1) is 0 Å². The summed E-state index contributed by atoms with van der Waals surface area (Å²) in [6.45, 7) is -0.429. The van der Waals surface area contributed by atoms with Crippen molar-refractivity contribution in [3.63, 3.8) is 0 Å². The molecule has 0 saturated carbocycles. The van der Waals surface area contributed by atoms with Crippen molar-refractivity contribution in [1.82, 2.24) is 15.0 Å². The molecule has 0 saturated heterocycles. The van der Waals surface area contributed by atoms with Gasteiger partial charge in [-0.15, -0.1) is 0 Å². The minimum atomic E-state index is -2.26. The lowest BCUT2D eigenvalue weighted by Gasteiger charge is -2.21. The van der Waals surface area contributed by atoms with Gasteiger partial charge in [0.25, 0.3) is 0 Å². The molecule has 2 aliphatic carbocycles. The van der Waals surface area contributed by atoms with Gasteiger partial charge in [0.2, 0.25) is 0 Å². The van der Waals surface area contributed by atoms with Crippen LogP contribution in [-0.2, 0) is 11.8 Å². The normalized spacial score (nSPS) is 16.5. The molecule has 1 atom stereocenters. The molecule has 3 nitrogen and oxygen atoms in total. The molecular formula is C44H35N3. The summed E-state index contributed by atoms with van der Waals surface area (Å²) in [6, 6.07) is 47.2. The van der Waals surface area contributed by atoms with E-state index in [9.17, 15) is 0 Å². The maximum atomic E-state index is 8.64. The molecular weight excluding hydrogens is 571 g/mol. The zero-order chi connectivity index (χ0) is 33.3. The van der Waals surface area contributed by atoms with E-state index in [0.29, 0.717) is 17.5 Å².